The van der Waals surface area contributed by atoms with Crippen molar-refractivity contribution in [3.8, 4) is 5.75 Å². The summed E-state index contributed by atoms with van der Waals surface area (Å²) in [5.41, 5.74) is -0.602. The van der Waals surface area contributed by atoms with Gasteiger partial charge in [0.25, 0.3) is 0 Å². The number of hydrogen-bond donors (Lipinski definition) is 1. The highest BCUT2D eigenvalue weighted by atomic mass is 16.6. The largest absolute Gasteiger partial charge is 0.458 e. The molecule has 0 saturated heterocycles. The lowest BCUT2D eigenvalue weighted by Gasteiger charge is -2.26. The van der Waals surface area contributed by atoms with E-state index in [1.54, 1.807) is 45.0 Å². The Morgan fingerprint density at radius 2 is 1.67 bits per heavy atom. The predicted molar refractivity (Wildman–Crippen MR) is 80.1 cm³/mol. The van der Waals surface area contributed by atoms with Crippen molar-refractivity contribution in [3.63, 3.8) is 0 Å². The van der Waals surface area contributed by atoms with E-state index >= 15 is 0 Å². The third-order valence-corrected chi connectivity index (χ3v) is 2.55. The summed E-state index contributed by atoms with van der Waals surface area (Å²) in [5.74, 6) is -0.160. The van der Waals surface area contributed by atoms with Gasteiger partial charge in [0.15, 0.2) is 0 Å². The highest BCUT2D eigenvalue weighted by Gasteiger charge is 2.29. The number of carbonyl (C=O) groups excluding carboxylic acids is 2. The molecule has 0 aliphatic heterocycles. The van der Waals surface area contributed by atoms with Crippen LogP contribution in [0.5, 0.6) is 5.75 Å². The molecule has 0 aromatic heterocycles. The molecule has 5 nitrogen and oxygen atoms in total. The molecule has 0 bridgehead atoms. The number of esters is 1. The normalized spacial score (nSPS) is 12.7. The van der Waals surface area contributed by atoms with Crippen LogP contribution in [0, 0.1) is 5.92 Å². The van der Waals surface area contributed by atoms with Crippen molar-refractivity contribution >= 4 is 12.1 Å². The van der Waals surface area contributed by atoms with E-state index in [0.717, 1.165) is 0 Å². The van der Waals surface area contributed by atoms with E-state index in [2.05, 4.69) is 5.32 Å². The van der Waals surface area contributed by atoms with Crippen LogP contribution in [0.15, 0.2) is 30.3 Å². The molecule has 5 heteroatoms. The van der Waals surface area contributed by atoms with Gasteiger partial charge in [-0.3, -0.25) is 0 Å². The maximum absolute atomic E-state index is 12.1. The molecule has 1 amide bonds. The van der Waals surface area contributed by atoms with Crippen LogP contribution >= 0.6 is 0 Å². The molecule has 1 atom stereocenters. The van der Waals surface area contributed by atoms with E-state index in [1.807, 2.05) is 19.9 Å². The van der Waals surface area contributed by atoms with Crippen molar-refractivity contribution in [1.82, 2.24) is 5.32 Å². The fourth-order valence-corrected chi connectivity index (χ4v) is 1.62. The van der Waals surface area contributed by atoms with Gasteiger partial charge in [0.2, 0.25) is 0 Å². The number of benzene rings is 1. The number of rotatable bonds is 4. The highest BCUT2D eigenvalue weighted by molar-refractivity contribution is 5.82. The van der Waals surface area contributed by atoms with Gasteiger partial charge in [0.05, 0.1) is 0 Å². The van der Waals surface area contributed by atoms with Crippen LogP contribution in [0.3, 0.4) is 0 Å². The molecule has 0 saturated carbocycles. The maximum atomic E-state index is 12.1. The molecule has 0 spiro atoms. The molecule has 1 aromatic carbocycles. The first kappa shape index (κ1) is 17.0. The SMILES string of the molecule is CC(C)[C@H](NC(=O)Oc1ccccc1)C(=O)OC(C)(C)C. The van der Waals surface area contributed by atoms with Crippen molar-refractivity contribution < 1.29 is 19.1 Å². The molecular weight excluding hydrogens is 270 g/mol. The van der Waals surface area contributed by atoms with Gasteiger partial charge < -0.3 is 14.8 Å². The maximum Gasteiger partial charge on any atom is 0.413 e. The fourth-order valence-electron chi connectivity index (χ4n) is 1.62. The monoisotopic (exact) mass is 293 g/mol. The first-order valence-corrected chi connectivity index (χ1v) is 6.95. The second kappa shape index (κ2) is 7.11. The second-order valence-corrected chi connectivity index (χ2v) is 6.10. The lowest BCUT2D eigenvalue weighted by molar-refractivity contribution is -0.158. The minimum Gasteiger partial charge on any atom is -0.458 e. The van der Waals surface area contributed by atoms with Gasteiger partial charge in [-0.05, 0) is 38.8 Å². The molecule has 0 fully saturated rings. The quantitative estimate of drug-likeness (QED) is 0.866. The van der Waals surface area contributed by atoms with Crippen LogP contribution in [0.4, 0.5) is 4.79 Å². The van der Waals surface area contributed by atoms with Gasteiger partial charge in [-0.25, -0.2) is 9.59 Å². The minimum atomic E-state index is -0.750. The van der Waals surface area contributed by atoms with Crippen LogP contribution in [0.2, 0.25) is 0 Å². The summed E-state index contributed by atoms with van der Waals surface area (Å²) in [6, 6.07) is 7.92. The van der Waals surface area contributed by atoms with Gasteiger partial charge >= 0.3 is 12.1 Å². The van der Waals surface area contributed by atoms with Gasteiger partial charge in [-0.1, -0.05) is 32.0 Å². The van der Waals surface area contributed by atoms with E-state index < -0.39 is 23.7 Å². The molecule has 1 aromatic rings. The van der Waals surface area contributed by atoms with Crippen LogP contribution < -0.4 is 10.1 Å². The molecular formula is C16H23NO4. The zero-order valence-corrected chi connectivity index (χ0v) is 13.2. The molecule has 0 heterocycles. The minimum absolute atomic E-state index is 0.108. The fraction of sp³-hybridized carbons (Fsp3) is 0.500. The molecule has 1 rings (SSSR count). The Morgan fingerprint density at radius 1 is 1.10 bits per heavy atom. The van der Waals surface area contributed by atoms with Crippen LogP contribution in [-0.4, -0.2) is 23.7 Å². The van der Waals surface area contributed by atoms with Gasteiger partial charge in [-0.15, -0.1) is 0 Å². The highest BCUT2D eigenvalue weighted by Crippen LogP contribution is 2.13. The number of carbonyl (C=O) groups is 2. The Labute approximate surface area is 125 Å². The van der Waals surface area contributed by atoms with Crippen molar-refractivity contribution in [1.29, 1.82) is 0 Å². The van der Waals surface area contributed by atoms with Crippen LogP contribution in [-0.2, 0) is 9.53 Å². The lowest BCUT2D eigenvalue weighted by atomic mass is 10.0. The average molecular weight is 293 g/mol. The molecule has 116 valence electrons. The summed E-state index contributed by atoms with van der Waals surface area (Å²) in [6.07, 6.45) is -0.675. The van der Waals surface area contributed by atoms with E-state index in [1.165, 1.54) is 0 Å². The number of hydrogen-bond acceptors (Lipinski definition) is 4. The molecule has 0 aliphatic rings. The van der Waals surface area contributed by atoms with E-state index in [0.29, 0.717) is 5.75 Å². The number of ether oxygens (including phenoxy) is 2. The summed E-state index contributed by atoms with van der Waals surface area (Å²) in [6.45, 7) is 9.01. The Kier molecular flexibility index (Phi) is 5.76. The predicted octanol–water partition coefficient (Wildman–Crippen LogP) is 3.14. The standard InChI is InChI=1S/C16H23NO4/c1-11(2)13(14(18)21-16(3,4)5)17-15(19)20-12-9-7-6-8-10-12/h6-11,13H,1-5H3,(H,17,19)/t13-/m0/s1. The van der Waals surface area contributed by atoms with E-state index in [4.69, 9.17) is 9.47 Å². The molecule has 0 aliphatic carbocycles. The Balaban J connectivity index is 2.66. The zero-order chi connectivity index (χ0) is 16.0. The third-order valence-electron chi connectivity index (χ3n) is 2.55. The van der Waals surface area contributed by atoms with Crippen LogP contribution in [0.1, 0.15) is 34.6 Å². The van der Waals surface area contributed by atoms with Gasteiger partial charge in [0, 0.05) is 0 Å². The van der Waals surface area contributed by atoms with Crippen molar-refractivity contribution in [3.05, 3.63) is 30.3 Å². The summed E-state index contributed by atoms with van der Waals surface area (Å²) in [4.78, 5) is 24.0. The lowest BCUT2D eigenvalue weighted by Crippen LogP contribution is -2.48. The van der Waals surface area contributed by atoms with E-state index in [9.17, 15) is 9.59 Å². The summed E-state index contributed by atoms with van der Waals surface area (Å²) in [7, 11) is 0. The number of para-hydroxylation sites is 1. The van der Waals surface area contributed by atoms with Crippen molar-refractivity contribution in [2.24, 2.45) is 5.92 Å². The van der Waals surface area contributed by atoms with Gasteiger partial charge in [-0.2, -0.15) is 0 Å². The van der Waals surface area contributed by atoms with Crippen LogP contribution in [0.25, 0.3) is 0 Å². The Hall–Kier alpha value is -2.04. The molecule has 0 radical (unpaired) electrons. The average Bonchev–Trinajstić information content (AvgIpc) is 2.34. The zero-order valence-electron chi connectivity index (χ0n) is 13.2. The number of amides is 1. The molecule has 21 heavy (non-hydrogen) atoms. The van der Waals surface area contributed by atoms with Crippen molar-refractivity contribution in [2.75, 3.05) is 0 Å². The third kappa shape index (κ3) is 6.29. The second-order valence-electron chi connectivity index (χ2n) is 6.10. The Bertz CT molecular complexity index is 477. The molecule has 1 N–H and O–H groups in total. The number of nitrogens with one attached hydrogen (secondary N) is 1. The van der Waals surface area contributed by atoms with Crippen molar-refractivity contribution in [2.45, 2.75) is 46.3 Å². The smallest absolute Gasteiger partial charge is 0.413 e. The summed E-state index contributed by atoms with van der Waals surface area (Å²) >= 11 is 0. The van der Waals surface area contributed by atoms with Gasteiger partial charge in [0.1, 0.15) is 17.4 Å². The molecule has 0 unspecified atom stereocenters. The topological polar surface area (TPSA) is 64.6 Å². The Morgan fingerprint density at radius 3 is 2.14 bits per heavy atom. The summed E-state index contributed by atoms with van der Waals surface area (Å²) in [5, 5.41) is 2.55. The summed E-state index contributed by atoms with van der Waals surface area (Å²) < 4.78 is 10.4. The first-order valence-electron chi connectivity index (χ1n) is 6.95. The first-order chi connectivity index (χ1) is 9.69. The van der Waals surface area contributed by atoms with E-state index in [-0.39, 0.29) is 5.92 Å².